The summed E-state index contributed by atoms with van der Waals surface area (Å²) in [6.45, 7) is 4.96. The molecule has 0 aromatic heterocycles. The average Bonchev–Trinajstić information content (AvgIpc) is 1.89. The van der Waals surface area contributed by atoms with Crippen molar-refractivity contribution in [3.8, 4) is 6.07 Å². The van der Waals surface area contributed by atoms with Crippen LogP contribution in [0.4, 0.5) is 0 Å². The second-order valence-electron chi connectivity index (χ2n) is 1.77. The lowest BCUT2D eigenvalue weighted by molar-refractivity contribution is 0.705. The Balaban J connectivity index is 2.76. The lowest BCUT2D eigenvalue weighted by Gasteiger charge is -1.94. The van der Waals surface area contributed by atoms with Crippen molar-refractivity contribution in [2.45, 2.75) is 12.8 Å². The summed E-state index contributed by atoms with van der Waals surface area (Å²) in [5.41, 5.74) is 0. The molecule has 2 nitrogen and oxygen atoms in total. The molecular formula is C7H12N2. The van der Waals surface area contributed by atoms with Crippen LogP contribution < -0.4 is 5.32 Å². The number of nitrogens with one attached hydrogen (secondary N) is 1. The third-order valence-corrected chi connectivity index (χ3v) is 0.966. The molecule has 0 rings (SSSR count). The maximum absolute atomic E-state index is 8.09. The van der Waals surface area contributed by atoms with Crippen molar-refractivity contribution >= 4 is 0 Å². The smallest absolute Gasteiger partial charge is 0.0840 e. The first-order chi connectivity index (χ1) is 4.41. The lowest BCUT2D eigenvalue weighted by atomic mass is 10.3. The molecule has 0 spiro atoms. The third-order valence-electron chi connectivity index (χ3n) is 0.966. The Morgan fingerprint density at radius 2 is 2.44 bits per heavy atom. The van der Waals surface area contributed by atoms with Crippen LogP contribution in [0.1, 0.15) is 12.8 Å². The van der Waals surface area contributed by atoms with Crippen molar-refractivity contribution in [2.75, 3.05) is 13.1 Å². The summed E-state index contributed by atoms with van der Waals surface area (Å²) in [4.78, 5) is 0. The first-order valence-corrected chi connectivity index (χ1v) is 3.10. The van der Waals surface area contributed by atoms with Gasteiger partial charge in [-0.25, -0.2) is 0 Å². The second-order valence-corrected chi connectivity index (χ2v) is 1.77. The largest absolute Gasteiger partial charge is 0.304 e. The minimum atomic E-state index is 0.455. The molecule has 0 saturated carbocycles. The lowest BCUT2D eigenvalue weighted by Crippen LogP contribution is -2.14. The zero-order chi connectivity index (χ0) is 6.95. The number of nitrogens with zero attached hydrogens (tertiary/aromatic N) is 1. The maximum Gasteiger partial charge on any atom is 0.0840 e. The highest BCUT2D eigenvalue weighted by molar-refractivity contribution is 4.73. The number of hydrogen-bond donors (Lipinski definition) is 1. The summed E-state index contributed by atoms with van der Waals surface area (Å²) in [6.07, 6.45) is 3.98. The minimum Gasteiger partial charge on any atom is -0.304 e. The normalized spacial score (nSPS) is 8.33. The molecule has 0 radical (unpaired) electrons. The van der Waals surface area contributed by atoms with Gasteiger partial charge in [0.25, 0.3) is 0 Å². The van der Waals surface area contributed by atoms with E-state index in [2.05, 4.69) is 11.9 Å². The third kappa shape index (κ3) is 7.19. The minimum absolute atomic E-state index is 0.455. The van der Waals surface area contributed by atoms with Crippen LogP contribution in [0.2, 0.25) is 0 Å². The van der Waals surface area contributed by atoms with Crippen LogP contribution in [0.5, 0.6) is 0 Å². The van der Waals surface area contributed by atoms with Crippen molar-refractivity contribution in [1.82, 2.24) is 5.32 Å². The van der Waals surface area contributed by atoms with Gasteiger partial charge in [-0.15, -0.1) is 6.58 Å². The molecule has 0 atom stereocenters. The Hall–Kier alpha value is -0.810. The molecule has 0 aromatic carbocycles. The van der Waals surface area contributed by atoms with E-state index in [1.807, 2.05) is 12.1 Å². The quantitative estimate of drug-likeness (QED) is 0.338. The van der Waals surface area contributed by atoms with Crippen LogP contribution in [0.15, 0.2) is 12.7 Å². The standard InChI is InChI=1S/C7H12N2/c1-2-3-4-6-9-7-5-8/h2,9H,1,3-4,6-7H2. The fraction of sp³-hybridized carbons (Fsp3) is 0.571. The van der Waals surface area contributed by atoms with E-state index in [-0.39, 0.29) is 0 Å². The monoisotopic (exact) mass is 124 g/mol. The van der Waals surface area contributed by atoms with Gasteiger partial charge in [-0.1, -0.05) is 6.08 Å². The maximum atomic E-state index is 8.09. The second kappa shape index (κ2) is 7.19. The zero-order valence-corrected chi connectivity index (χ0v) is 5.56. The highest BCUT2D eigenvalue weighted by Gasteiger charge is 1.81. The van der Waals surface area contributed by atoms with Crippen molar-refractivity contribution in [1.29, 1.82) is 5.26 Å². The van der Waals surface area contributed by atoms with Gasteiger partial charge in [-0.05, 0) is 19.4 Å². The predicted molar refractivity (Wildman–Crippen MR) is 37.9 cm³/mol. The average molecular weight is 124 g/mol. The van der Waals surface area contributed by atoms with Crippen molar-refractivity contribution in [2.24, 2.45) is 0 Å². The molecule has 0 unspecified atom stereocenters. The molecule has 50 valence electrons. The highest BCUT2D eigenvalue weighted by Crippen LogP contribution is 1.84. The number of nitriles is 1. The molecule has 0 fully saturated rings. The van der Waals surface area contributed by atoms with Gasteiger partial charge < -0.3 is 5.32 Å². The van der Waals surface area contributed by atoms with Gasteiger partial charge in [0.05, 0.1) is 12.6 Å². The van der Waals surface area contributed by atoms with E-state index in [0.29, 0.717) is 6.54 Å². The fourth-order valence-electron chi connectivity index (χ4n) is 0.516. The molecule has 0 amide bonds. The molecule has 0 saturated heterocycles. The Bertz CT molecular complexity index is 102. The summed E-state index contributed by atoms with van der Waals surface area (Å²) in [5.74, 6) is 0. The fourth-order valence-corrected chi connectivity index (χ4v) is 0.516. The van der Waals surface area contributed by atoms with Crippen LogP contribution in [0, 0.1) is 11.3 Å². The predicted octanol–water partition coefficient (Wildman–Crippen LogP) is 1.07. The van der Waals surface area contributed by atoms with Crippen molar-refractivity contribution in [3.63, 3.8) is 0 Å². The Morgan fingerprint density at radius 1 is 1.67 bits per heavy atom. The molecule has 0 bridgehead atoms. The first-order valence-electron chi connectivity index (χ1n) is 3.10. The van der Waals surface area contributed by atoms with Gasteiger partial charge in [0.1, 0.15) is 0 Å². The van der Waals surface area contributed by atoms with Crippen molar-refractivity contribution < 1.29 is 0 Å². The van der Waals surface area contributed by atoms with Gasteiger partial charge in [-0.2, -0.15) is 5.26 Å². The van der Waals surface area contributed by atoms with Gasteiger partial charge >= 0.3 is 0 Å². The van der Waals surface area contributed by atoms with Gasteiger partial charge in [0.2, 0.25) is 0 Å². The summed E-state index contributed by atoms with van der Waals surface area (Å²) in [7, 11) is 0. The summed E-state index contributed by atoms with van der Waals surface area (Å²) in [6, 6.07) is 2.01. The van der Waals surface area contributed by atoms with Crippen molar-refractivity contribution in [3.05, 3.63) is 12.7 Å². The number of allylic oxidation sites excluding steroid dienone is 1. The molecule has 0 aromatic rings. The van der Waals surface area contributed by atoms with E-state index >= 15 is 0 Å². The summed E-state index contributed by atoms with van der Waals surface area (Å²) >= 11 is 0. The SMILES string of the molecule is C=CCCCNCC#N. The van der Waals surface area contributed by atoms with E-state index in [9.17, 15) is 0 Å². The topological polar surface area (TPSA) is 35.8 Å². The van der Waals surface area contributed by atoms with Gasteiger partial charge in [-0.3, -0.25) is 0 Å². The molecule has 2 heteroatoms. The number of rotatable bonds is 5. The molecule has 0 heterocycles. The molecule has 0 aliphatic carbocycles. The number of hydrogen-bond acceptors (Lipinski definition) is 2. The Kier molecular flexibility index (Phi) is 6.54. The van der Waals surface area contributed by atoms with Crippen LogP contribution in [0.25, 0.3) is 0 Å². The molecule has 9 heavy (non-hydrogen) atoms. The van der Waals surface area contributed by atoms with Gasteiger partial charge in [0, 0.05) is 0 Å². The van der Waals surface area contributed by atoms with Crippen LogP contribution >= 0.6 is 0 Å². The van der Waals surface area contributed by atoms with Crippen LogP contribution in [-0.4, -0.2) is 13.1 Å². The molecular weight excluding hydrogens is 112 g/mol. The first kappa shape index (κ1) is 8.19. The Labute approximate surface area is 56.2 Å². The van der Waals surface area contributed by atoms with E-state index < -0.39 is 0 Å². The van der Waals surface area contributed by atoms with E-state index in [1.165, 1.54) is 0 Å². The van der Waals surface area contributed by atoms with E-state index in [4.69, 9.17) is 5.26 Å². The zero-order valence-electron chi connectivity index (χ0n) is 5.56. The van der Waals surface area contributed by atoms with Crippen LogP contribution in [-0.2, 0) is 0 Å². The van der Waals surface area contributed by atoms with E-state index in [0.717, 1.165) is 19.4 Å². The van der Waals surface area contributed by atoms with Crippen LogP contribution in [0.3, 0.4) is 0 Å². The molecule has 0 aliphatic heterocycles. The molecule has 1 N–H and O–H groups in total. The van der Waals surface area contributed by atoms with E-state index in [1.54, 1.807) is 0 Å². The van der Waals surface area contributed by atoms with Gasteiger partial charge in [0.15, 0.2) is 0 Å². The number of unbranched alkanes of at least 4 members (excludes halogenated alkanes) is 1. The summed E-state index contributed by atoms with van der Waals surface area (Å²) < 4.78 is 0. The summed E-state index contributed by atoms with van der Waals surface area (Å²) in [5, 5.41) is 11.1. The highest BCUT2D eigenvalue weighted by atomic mass is 14.8. The molecule has 0 aliphatic rings. The Morgan fingerprint density at radius 3 is 3.00 bits per heavy atom.